The number of rotatable bonds is 2. The molecule has 26 heavy (non-hydrogen) atoms. The summed E-state index contributed by atoms with van der Waals surface area (Å²) in [4.78, 5) is 9.09. The van der Waals surface area contributed by atoms with Crippen LogP contribution in [0.4, 0.5) is 4.39 Å². The molecule has 3 aromatic rings. The fraction of sp³-hybridized carbons (Fsp3) is 0.105. The fourth-order valence-electron chi connectivity index (χ4n) is 3.24. The second-order valence-corrected chi connectivity index (χ2v) is 6.31. The molecule has 0 fully saturated rings. The van der Waals surface area contributed by atoms with E-state index in [-0.39, 0.29) is 12.4 Å². The molecule has 7 heteroatoms. The van der Waals surface area contributed by atoms with Crippen LogP contribution in [0.3, 0.4) is 0 Å². The highest BCUT2D eigenvalue weighted by atomic mass is 35.5. The second kappa shape index (κ2) is 6.38. The number of imidazole rings is 1. The van der Waals surface area contributed by atoms with Gasteiger partial charge in [0.1, 0.15) is 17.3 Å². The summed E-state index contributed by atoms with van der Waals surface area (Å²) in [6, 6.07) is 11.9. The fourth-order valence-corrected chi connectivity index (χ4v) is 3.42. The van der Waals surface area contributed by atoms with Gasteiger partial charge < -0.3 is 5.21 Å². The first-order chi connectivity index (χ1) is 12.6. The van der Waals surface area contributed by atoms with Crippen LogP contribution in [0, 0.1) is 12.7 Å². The van der Waals surface area contributed by atoms with Crippen molar-refractivity contribution in [3.63, 3.8) is 0 Å². The Morgan fingerprint density at radius 1 is 1.23 bits per heavy atom. The molecule has 4 rings (SSSR count). The Labute approximate surface area is 154 Å². The molecule has 0 saturated heterocycles. The van der Waals surface area contributed by atoms with Crippen LogP contribution in [0.5, 0.6) is 0 Å². The van der Waals surface area contributed by atoms with E-state index in [1.54, 1.807) is 30.3 Å². The van der Waals surface area contributed by atoms with E-state index in [1.807, 2.05) is 17.6 Å². The van der Waals surface area contributed by atoms with E-state index in [9.17, 15) is 4.39 Å². The summed E-state index contributed by atoms with van der Waals surface area (Å²) in [5.41, 5.74) is 3.72. The van der Waals surface area contributed by atoms with Crippen molar-refractivity contribution in [2.45, 2.75) is 13.5 Å². The zero-order valence-corrected chi connectivity index (χ0v) is 14.6. The van der Waals surface area contributed by atoms with Gasteiger partial charge >= 0.3 is 0 Å². The summed E-state index contributed by atoms with van der Waals surface area (Å²) in [7, 11) is 0. The largest absolute Gasteiger partial charge is 0.411 e. The van der Waals surface area contributed by atoms with Gasteiger partial charge in [0, 0.05) is 16.1 Å². The topological polar surface area (TPSA) is 62.8 Å². The van der Waals surface area contributed by atoms with Crippen LogP contribution in [-0.4, -0.2) is 26.7 Å². The van der Waals surface area contributed by atoms with E-state index < -0.39 is 0 Å². The Morgan fingerprint density at radius 2 is 2.04 bits per heavy atom. The molecule has 1 aliphatic rings. The van der Waals surface area contributed by atoms with Gasteiger partial charge in [-0.2, -0.15) is 0 Å². The van der Waals surface area contributed by atoms with Gasteiger partial charge in [0.25, 0.3) is 0 Å². The van der Waals surface area contributed by atoms with Crippen LogP contribution in [0.1, 0.15) is 28.3 Å². The Morgan fingerprint density at radius 3 is 2.81 bits per heavy atom. The van der Waals surface area contributed by atoms with Crippen molar-refractivity contribution in [1.29, 1.82) is 0 Å². The average Bonchev–Trinajstić information content (AvgIpc) is 2.83. The van der Waals surface area contributed by atoms with Crippen molar-refractivity contribution in [2.75, 3.05) is 0 Å². The lowest BCUT2D eigenvalue weighted by molar-refractivity contribution is 0.321. The highest BCUT2D eigenvalue weighted by Gasteiger charge is 2.24. The van der Waals surface area contributed by atoms with Crippen molar-refractivity contribution >= 4 is 23.5 Å². The van der Waals surface area contributed by atoms with Crippen molar-refractivity contribution < 1.29 is 9.60 Å². The lowest BCUT2D eigenvalue weighted by Crippen LogP contribution is -2.09. The molecule has 1 aliphatic heterocycles. The third-order valence-corrected chi connectivity index (χ3v) is 4.56. The molecule has 2 aromatic carbocycles. The molecule has 0 amide bonds. The van der Waals surface area contributed by atoms with Crippen LogP contribution in [0.15, 0.2) is 52.6 Å². The Kier molecular flexibility index (Phi) is 4.05. The van der Waals surface area contributed by atoms with E-state index in [4.69, 9.17) is 16.8 Å². The lowest BCUT2D eigenvalue weighted by Gasteiger charge is -2.14. The van der Waals surface area contributed by atoms with Crippen LogP contribution < -0.4 is 0 Å². The lowest BCUT2D eigenvalue weighted by atomic mass is 10.00. The molecule has 130 valence electrons. The first-order valence-electron chi connectivity index (χ1n) is 7.95. The zero-order chi connectivity index (χ0) is 18.3. The summed E-state index contributed by atoms with van der Waals surface area (Å²) >= 11 is 6.22. The van der Waals surface area contributed by atoms with Crippen molar-refractivity contribution in [1.82, 2.24) is 9.55 Å². The van der Waals surface area contributed by atoms with E-state index >= 15 is 0 Å². The van der Waals surface area contributed by atoms with E-state index in [0.717, 1.165) is 11.4 Å². The number of aliphatic imine (C=N–C) groups is 1. The molecule has 0 radical (unpaired) electrons. The minimum atomic E-state index is -0.351. The monoisotopic (exact) mass is 368 g/mol. The van der Waals surface area contributed by atoms with Crippen molar-refractivity contribution in [3.05, 3.63) is 81.6 Å². The van der Waals surface area contributed by atoms with E-state index in [1.165, 1.54) is 12.3 Å². The van der Waals surface area contributed by atoms with Crippen LogP contribution in [-0.2, 0) is 6.54 Å². The van der Waals surface area contributed by atoms with Gasteiger partial charge in [0.15, 0.2) is 0 Å². The smallest absolute Gasteiger partial charge is 0.132 e. The van der Waals surface area contributed by atoms with Crippen LogP contribution in [0.25, 0.3) is 5.69 Å². The van der Waals surface area contributed by atoms with Gasteiger partial charge in [-0.1, -0.05) is 28.9 Å². The highest BCUT2D eigenvalue weighted by Crippen LogP contribution is 2.30. The van der Waals surface area contributed by atoms with Gasteiger partial charge in [-0.25, -0.2) is 9.37 Å². The molecule has 0 saturated carbocycles. The summed E-state index contributed by atoms with van der Waals surface area (Å²) < 4.78 is 16.4. The maximum absolute atomic E-state index is 14.4. The van der Waals surface area contributed by atoms with Crippen LogP contribution >= 0.6 is 11.6 Å². The minimum absolute atomic E-state index is 0.262. The Hall–Kier alpha value is -2.99. The molecule has 1 N–H and O–H groups in total. The quantitative estimate of drug-likeness (QED) is 0.420. The molecule has 1 aromatic heterocycles. The van der Waals surface area contributed by atoms with Crippen molar-refractivity contribution in [3.8, 4) is 5.69 Å². The molecule has 5 nitrogen and oxygen atoms in total. The molecular formula is C19H14ClFN4O. The standard InChI is InChI=1S/C19H14ClFN4O/c1-11-24-16(9-23-26)18-10-22-19(13-4-2-3-5-15(13)21)14-8-12(20)6-7-17(14)25(11)18/h2-9,26H,10H2,1H3/b23-9-. The molecule has 0 unspecified atom stereocenters. The third kappa shape index (κ3) is 2.59. The molecule has 2 heterocycles. The first-order valence-corrected chi connectivity index (χ1v) is 8.33. The Bertz CT molecular complexity index is 1070. The zero-order valence-electron chi connectivity index (χ0n) is 13.8. The summed E-state index contributed by atoms with van der Waals surface area (Å²) in [5.74, 6) is 0.360. The number of fused-ring (bicyclic) bond motifs is 3. The average molecular weight is 369 g/mol. The Balaban J connectivity index is 2.03. The summed E-state index contributed by atoms with van der Waals surface area (Å²) in [6.07, 6.45) is 1.28. The number of nitrogens with zero attached hydrogens (tertiary/aromatic N) is 4. The third-order valence-electron chi connectivity index (χ3n) is 4.32. The molecule has 0 aliphatic carbocycles. The normalized spacial score (nSPS) is 13.3. The number of oxime groups is 1. The first kappa shape index (κ1) is 16.5. The summed E-state index contributed by atoms with van der Waals surface area (Å²) in [5, 5.41) is 12.5. The number of hydrogen-bond donors (Lipinski definition) is 1. The highest BCUT2D eigenvalue weighted by molar-refractivity contribution is 6.31. The van der Waals surface area contributed by atoms with Crippen LogP contribution in [0.2, 0.25) is 5.02 Å². The van der Waals surface area contributed by atoms with Gasteiger partial charge in [-0.05, 0) is 37.3 Å². The number of benzene rings is 2. The molecule has 0 atom stereocenters. The van der Waals surface area contributed by atoms with Gasteiger partial charge in [-0.3, -0.25) is 9.56 Å². The van der Waals surface area contributed by atoms with E-state index in [2.05, 4.69) is 15.1 Å². The van der Waals surface area contributed by atoms with E-state index in [0.29, 0.717) is 33.4 Å². The van der Waals surface area contributed by atoms with Gasteiger partial charge in [0.2, 0.25) is 0 Å². The maximum atomic E-state index is 14.4. The predicted molar refractivity (Wildman–Crippen MR) is 98.4 cm³/mol. The predicted octanol–water partition coefficient (Wildman–Crippen LogP) is 4.13. The molecule has 0 spiro atoms. The number of halogens is 2. The number of aryl methyl sites for hydroxylation is 1. The minimum Gasteiger partial charge on any atom is -0.411 e. The summed E-state index contributed by atoms with van der Waals surface area (Å²) in [6.45, 7) is 2.11. The van der Waals surface area contributed by atoms with Gasteiger partial charge in [-0.15, -0.1) is 0 Å². The van der Waals surface area contributed by atoms with Crippen molar-refractivity contribution in [2.24, 2.45) is 10.1 Å². The number of aromatic nitrogens is 2. The molecular weight excluding hydrogens is 355 g/mol. The van der Waals surface area contributed by atoms with Gasteiger partial charge in [0.05, 0.1) is 29.9 Å². The maximum Gasteiger partial charge on any atom is 0.132 e. The SMILES string of the molecule is Cc1nc(/C=N\O)c2n1-c1ccc(Cl)cc1C(c1ccccc1F)=NC2. The number of hydrogen-bond acceptors (Lipinski definition) is 4. The molecule has 0 bridgehead atoms. The second-order valence-electron chi connectivity index (χ2n) is 5.88.